The molecule has 0 N–H and O–H groups in total. The molecule has 0 aliphatic carbocycles. The van der Waals surface area contributed by atoms with Crippen LogP contribution in [-0.4, -0.2) is 53.1 Å². The first-order chi connectivity index (χ1) is 12.5. The van der Waals surface area contributed by atoms with Gasteiger partial charge < -0.3 is 14.5 Å². The van der Waals surface area contributed by atoms with E-state index >= 15 is 0 Å². The number of ether oxygens (including phenoxy) is 1. The number of nitrogens with zero attached hydrogens (tertiary/aromatic N) is 4. The summed E-state index contributed by atoms with van der Waals surface area (Å²) in [5.74, 6) is 1.36. The Morgan fingerprint density at radius 1 is 1.12 bits per heavy atom. The van der Waals surface area contributed by atoms with Crippen molar-refractivity contribution in [2.24, 2.45) is 0 Å². The van der Waals surface area contributed by atoms with Crippen LogP contribution in [0.2, 0.25) is 5.02 Å². The fourth-order valence-corrected chi connectivity index (χ4v) is 3.18. The molecule has 0 saturated carbocycles. The third-order valence-electron chi connectivity index (χ3n) is 4.50. The van der Waals surface area contributed by atoms with Gasteiger partial charge in [-0.2, -0.15) is 0 Å². The lowest BCUT2D eigenvalue weighted by atomic mass is 10.1. The zero-order chi connectivity index (χ0) is 18.7. The smallest absolute Gasteiger partial charge is 0.263 e. The van der Waals surface area contributed by atoms with E-state index in [4.69, 9.17) is 16.3 Å². The molecule has 1 saturated heterocycles. The van der Waals surface area contributed by atoms with Crippen molar-refractivity contribution in [2.45, 2.75) is 26.9 Å². The van der Waals surface area contributed by atoms with Gasteiger partial charge in [-0.25, -0.2) is 9.97 Å². The molecule has 0 radical (unpaired) electrons. The van der Waals surface area contributed by atoms with Crippen LogP contribution in [0.3, 0.4) is 0 Å². The predicted molar refractivity (Wildman–Crippen MR) is 102 cm³/mol. The number of piperazine rings is 1. The Morgan fingerprint density at radius 3 is 2.27 bits per heavy atom. The van der Waals surface area contributed by atoms with Gasteiger partial charge in [-0.15, -0.1) is 0 Å². The first-order valence-corrected chi connectivity index (χ1v) is 9.07. The van der Waals surface area contributed by atoms with Crippen LogP contribution in [0.5, 0.6) is 5.75 Å². The van der Waals surface area contributed by atoms with Crippen LogP contribution < -0.4 is 9.64 Å². The second-order valence-corrected chi connectivity index (χ2v) is 6.87. The van der Waals surface area contributed by atoms with Gasteiger partial charge in [0.05, 0.1) is 0 Å². The van der Waals surface area contributed by atoms with E-state index in [-0.39, 0.29) is 5.91 Å². The highest BCUT2D eigenvalue weighted by Crippen LogP contribution is 2.26. The van der Waals surface area contributed by atoms with E-state index < -0.39 is 6.10 Å². The summed E-state index contributed by atoms with van der Waals surface area (Å²) in [7, 11) is 0. The Balaban J connectivity index is 1.58. The third-order valence-corrected chi connectivity index (χ3v) is 5.09. The first-order valence-electron chi connectivity index (χ1n) is 8.70. The monoisotopic (exact) mass is 374 g/mol. The summed E-state index contributed by atoms with van der Waals surface area (Å²) < 4.78 is 5.87. The second kappa shape index (κ2) is 7.91. The molecule has 1 aliphatic rings. The average Bonchev–Trinajstić information content (AvgIpc) is 2.66. The van der Waals surface area contributed by atoms with Crippen molar-refractivity contribution in [2.75, 3.05) is 31.1 Å². The van der Waals surface area contributed by atoms with Crippen molar-refractivity contribution in [3.05, 3.63) is 46.7 Å². The van der Waals surface area contributed by atoms with Crippen LogP contribution >= 0.6 is 11.6 Å². The highest BCUT2D eigenvalue weighted by molar-refractivity contribution is 6.32. The Hall–Kier alpha value is -2.34. The van der Waals surface area contributed by atoms with E-state index in [9.17, 15) is 4.79 Å². The number of carbonyl (C=O) groups excluding carboxylic acids is 1. The van der Waals surface area contributed by atoms with Crippen molar-refractivity contribution in [1.82, 2.24) is 14.9 Å². The lowest BCUT2D eigenvalue weighted by Gasteiger charge is -2.35. The Morgan fingerprint density at radius 2 is 1.69 bits per heavy atom. The normalized spacial score (nSPS) is 15.7. The molecule has 7 heteroatoms. The summed E-state index contributed by atoms with van der Waals surface area (Å²) in [5, 5.41) is 0.732. The van der Waals surface area contributed by atoms with Crippen molar-refractivity contribution >= 4 is 23.5 Å². The number of hydrogen-bond acceptors (Lipinski definition) is 5. The molecule has 26 heavy (non-hydrogen) atoms. The number of rotatable bonds is 4. The zero-order valence-electron chi connectivity index (χ0n) is 15.3. The van der Waals surface area contributed by atoms with E-state index in [0.717, 1.165) is 16.1 Å². The van der Waals surface area contributed by atoms with Crippen molar-refractivity contribution in [3.63, 3.8) is 0 Å². The number of hydrogen-bond donors (Lipinski definition) is 0. The molecule has 2 aromatic rings. The molecule has 0 bridgehead atoms. The molecular formula is C19H23ClN4O2. The molecule has 2 heterocycles. The van der Waals surface area contributed by atoms with Gasteiger partial charge in [-0.1, -0.05) is 11.6 Å². The number of amides is 1. The van der Waals surface area contributed by atoms with Gasteiger partial charge in [0.15, 0.2) is 6.10 Å². The minimum absolute atomic E-state index is 0.0103. The standard InChI is InChI=1S/C19H23ClN4O2/c1-13-11-16(12-14(2)17(13)20)26-15(3)18(25)23-7-9-24(10-8-23)19-21-5-4-6-22-19/h4-6,11-12,15H,7-10H2,1-3H3. The zero-order valence-corrected chi connectivity index (χ0v) is 16.0. The van der Waals surface area contributed by atoms with Gasteiger partial charge in [0, 0.05) is 43.6 Å². The van der Waals surface area contributed by atoms with Gasteiger partial charge in [0.1, 0.15) is 5.75 Å². The van der Waals surface area contributed by atoms with E-state index in [1.807, 2.05) is 30.9 Å². The van der Waals surface area contributed by atoms with E-state index in [2.05, 4.69) is 14.9 Å². The number of benzene rings is 1. The quantitative estimate of drug-likeness (QED) is 0.823. The highest BCUT2D eigenvalue weighted by atomic mass is 35.5. The number of aromatic nitrogens is 2. The SMILES string of the molecule is Cc1cc(OC(C)C(=O)N2CCN(c3ncccn3)CC2)cc(C)c1Cl. The van der Waals surface area contributed by atoms with Gasteiger partial charge in [0.25, 0.3) is 5.91 Å². The maximum atomic E-state index is 12.7. The van der Waals surface area contributed by atoms with Crippen LogP contribution in [0.15, 0.2) is 30.6 Å². The third kappa shape index (κ3) is 4.07. The molecule has 3 rings (SSSR count). The summed E-state index contributed by atoms with van der Waals surface area (Å²) in [6, 6.07) is 5.52. The van der Waals surface area contributed by atoms with Crippen LogP contribution in [-0.2, 0) is 4.79 Å². The van der Waals surface area contributed by atoms with Crippen molar-refractivity contribution < 1.29 is 9.53 Å². The van der Waals surface area contributed by atoms with Crippen LogP contribution in [0.25, 0.3) is 0 Å². The summed E-state index contributed by atoms with van der Waals surface area (Å²) in [6.07, 6.45) is 2.91. The highest BCUT2D eigenvalue weighted by Gasteiger charge is 2.27. The fraction of sp³-hybridized carbons (Fsp3) is 0.421. The maximum absolute atomic E-state index is 12.7. The molecule has 0 spiro atoms. The number of aryl methyl sites for hydroxylation is 2. The summed E-state index contributed by atoms with van der Waals surface area (Å²) in [5.41, 5.74) is 1.88. The van der Waals surface area contributed by atoms with E-state index in [1.165, 1.54) is 0 Å². The molecule has 1 amide bonds. The maximum Gasteiger partial charge on any atom is 0.263 e. The molecule has 1 fully saturated rings. The molecular weight excluding hydrogens is 352 g/mol. The van der Waals surface area contributed by atoms with Crippen molar-refractivity contribution in [3.8, 4) is 5.75 Å². The fourth-order valence-electron chi connectivity index (χ4n) is 3.07. The lowest BCUT2D eigenvalue weighted by molar-refractivity contribution is -0.138. The largest absolute Gasteiger partial charge is 0.481 e. The predicted octanol–water partition coefficient (Wildman–Crippen LogP) is 2.86. The molecule has 1 aliphatic heterocycles. The average molecular weight is 375 g/mol. The summed E-state index contributed by atoms with van der Waals surface area (Å²) >= 11 is 6.19. The van der Waals surface area contributed by atoms with Gasteiger partial charge >= 0.3 is 0 Å². The topological polar surface area (TPSA) is 58.6 Å². The summed E-state index contributed by atoms with van der Waals surface area (Å²) in [6.45, 7) is 8.32. The minimum Gasteiger partial charge on any atom is -0.481 e. The number of anilines is 1. The van der Waals surface area contributed by atoms with Crippen LogP contribution in [0.1, 0.15) is 18.1 Å². The Labute approximate surface area is 158 Å². The first kappa shape index (κ1) is 18.5. The Bertz CT molecular complexity index is 753. The molecule has 1 atom stereocenters. The van der Waals surface area contributed by atoms with E-state index in [1.54, 1.807) is 25.4 Å². The van der Waals surface area contributed by atoms with Gasteiger partial charge in [-0.3, -0.25) is 4.79 Å². The van der Waals surface area contributed by atoms with Crippen LogP contribution in [0.4, 0.5) is 5.95 Å². The van der Waals surface area contributed by atoms with Gasteiger partial charge in [0.2, 0.25) is 5.95 Å². The molecule has 138 valence electrons. The minimum atomic E-state index is -0.547. The Kier molecular flexibility index (Phi) is 5.61. The number of carbonyl (C=O) groups is 1. The number of halogens is 1. The lowest BCUT2D eigenvalue weighted by Crippen LogP contribution is -2.52. The van der Waals surface area contributed by atoms with Crippen molar-refractivity contribution in [1.29, 1.82) is 0 Å². The molecule has 6 nitrogen and oxygen atoms in total. The van der Waals surface area contributed by atoms with Crippen LogP contribution in [0, 0.1) is 13.8 Å². The molecule has 1 aromatic carbocycles. The summed E-state index contributed by atoms with van der Waals surface area (Å²) in [4.78, 5) is 25.2. The molecule has 1 aromatic heterocycles. The van der Waals surface area contributed by atoms with Gasteiger partial charge in [-0.05, 0) is 50.1 Å². The second-order valence-electron chi connectivity index (χ2n) is 6.49. The molecule has 1 unspecified atom stereocenters. The van der Waals surface area contributed by atoms with E-state index in [0.29, 0.717) is 37.9 Å².